The summed E-state index contributed by atoms with van der Waals surface area (Å²) in [4.78, 5) is 12.8. The first kappa shape index (κ1) is 25.1. The van der Waals surface area contributed by atoms with Gasteiger partial charge in [0.05, 0.1) is 23.0 Å². The van der Waals surface area contributed by atoms with Crippen molar-refractivity contribution in [2.24, 2.45) is 5.10 Å². The fourth-order valence-corrected chi connectivity index (χ4v) is 3.92. The van der Waals surface area contributed by atoms with Crippen molar-refractivity contribution >= 4 is 45.5 Å². The Morgan fingerprint density at radius 2 is 2.11 bits per heavy atom. The van der Waals surface area contributed by atoms with Gasteiger partial charge in [0.1, 0.15) is 6.61 Å². The lowest BCUT2D eigenvalue weighted by atomic mass is 10.2. The molecule has 36 heavy (non-hydrogen) atoms. The molecule has 0 bridgehead atoms. The van der Waals surface area contributed by atoms with Gasteiger partial charge in [-0.05, 0) is 63.9 Å². The minimum atomic E-state index is -0.583. The van der Waals surface area contributed by atoms with Crippen LogP contribution in [0.25, 0.3) is 5.82 Å². The highest BCUT2D eigenvalue weighted by atomic mass is 79.9. The Labute approximate surface area is 218 Å². The van der Waals surface area contributed by atoms with E-state index in [9.17, 15) is 4.79 Å². The molecule has 0 unspecified atom stereocenters. The van der Waals surface area contributed by atoms with Crippen LogP contribution in [0.15, 0.2) is 50.6 Å². The minimum absolute atomic E-state index is 0.0393. The van der Waals surface area contributed by atoms with Gasteiger partial charge in [-0.1, -0.05) is 35.0 Å². The first-order chi connectivity index (χ1) is 17.4. The average molecular weight is 576 g/mol. The molecule has 186 valence electrons. The Bertz CT molecular complexity index is 1420. The maximum atomic E-state index is 12.8. The number of anilines is 1. The summed E-state index contributed by atoms with van der Waals surface area (Å²) in [5.74, 6) is 0.436. The van der Waals surface area contributed by atoms with Gasteiger partial charge in [-0.15, -0.1) is 5.10 Å². The molecule has 0 saturated heterocycles. The number of nitrogen functional groups attached to an aromatic ring is 1. The molecule has 2 aromatic carbocycles. The molecular formula is C22H20BrClN8O4. The van der Waals surface area contributed by atoms with E-state index in [-0.39, 0.29) is 23.9 Å². The number of hydrogen-bond donors (Lipinski definition) is 2. The maximum Gasteiger partial charge on any atom is 0.292 e. The monoisotopic (exact) mass is 574 g/mol. The van der Waals surface area contributed by atoms with Gasteiger partial charge in [0, 0.05) is 10.6 Å². The van der Waals surface area contributed by atoms with Crippen molar-refractivity contribution in [3.63, 3.8) is 0 Å². The van der Waals surface area contributed by atoms with Crippen molar-refractivity contribution in [1.29, 1.82) is 0 Å². The molecule has 12 nitrogen and oxygen atoms in total. The van der Waals surface area contributed by atoms with Gasteiger partial charge in [0.2, 0.25) is 11.6 Å². The summed E-state index contributed by atoms with van der Waals surface area (Å²) in [5, 5.41) is 19.5. The second-order valence-corrected chi connectivity index (χ2v) is 8.51. The van der Waals surface area contributed by atoms with Gasteiger partial charge >= 0.3 is 0 Å². The minimum Gasteiger partial charge on any atom is -0.490 e. The van der Waals surface area contributed by atoms with E-state index in [0.717, 1.165) is 10.2 Å². The summed E-state index contributed by atoms with van der Waals surface area (Å²) in [6.45, 7) is 4.15. The highest BCUT2D eigenvalue weighted by Gasteiger charge is 2.22. The fraction of sp³-hybridized carbons (Fsp3) is 0.182. The molecule has 4 aromatic rings. The summed E-state index contributed by atoms with van der Waals surface area (Å²) >= 11 is 9.75. The molecule has 0 aliphatic heterocycles. The molecular weight excluding hydrogens is 556 g/mol. The van der Waals surface area contributed by atoms with Crippen LogP contribution >= 0.6 is 27.5 Å². The number of benzene rings is 2. The molecule has 4 rings (SSSR count). The third kappa shape index (κ3) is 5.47. The van der Waals surface area contributed by atoms with Crippen LogP contribution in [0.2, 0.25) is 5.02 Å². The van der Waals surface area contributed by atoms with Crippen molar-refractivity contribution in [2.45, 2.75) is 20.5 Å². The zero-order valence-electron chi connectivity index (χ0n) is 19.1. The number of nitrogens with two attached hydrogens (primary N) is 1. The molecule has 1 amide bonds. The summed E-state index contributed by atoms with van der Waals surface area (Å²) in [7, 11) is 0. The number of ether oxygens (including phenoxy) is 2. The van der Waals surface area contributed by atoms with E-state index in [1.165, 1.54) is 6.21 Å². The molecule has 2 heterocycles. The summed E-state index contributed by atoms with van der Waals surface area (Å²) < 4.78 is 18.1. The van der Waals surface area contributed by atoms with E-state index in [1.807, 2.05) is 25.1 Å². The van der Waals surface area contributed by atoms with Gasteiger partial charge in [-0.25, -0.2) is 10.1 Å². The van der Waals surface area contributed by atoms with Crippen LogP contribution in [0.1, 0.15) is 34.2 Å². The standard InChI is InChI=1S/C22H20BrClN8O4/c1-3-34-17-9-13(8-15(23)19(17)35-11-14-6-4-5-7-16(14)24)10-26-28-22(33)18-12(2)27-31-32(18)21-20(25)29-36-30-21/h4-10H,3,11H2,1-2H3,(H2,25,29)(H,28,33)/b26-10+. The van der Waals surface area contributed by atoms with E-state index in [4.69, 9.17) is 26.8 Å². The summed E-state index contributed by atoms with van der Waals surface area (Å²) in [5.41, 5.74) is 10.0. The molecule has 14 heteroatoms. The average Bonchev–Trinajstić information content (AvgIpc) is 3.44. The number of aromatic nitrogens is 5. The van der Waals surface area contributed by atoms with Crippen LogP contribution in [0, 0.1) is 6.92 Å². The Morgan fingerprint density at radius 3 is 2.83 bits per heavy atom. The molecule has 0 saturated carbocycles. The van der Waals surface area contributed by atoms with Crippen molar-refractivity contribution < 1.29 is 18.9 Å². The molecule has 0 atom stereocenters. The van der Waals surface area contributed by atoms with Crippen LogP contribution in [0.4, 0.5) is 5.82 Å². The number of amides is 1. The Hall–Kier alpha value is -3.97. The van der Waals surface area contributed by atoms with E-state index in [2.05, 4.69) is 51.7 Å². The largest absolute Gasteiger partial charge is 0.490 e. The van der Waals surface area contributed by atoms with Crippen molar-refractivity contribution in [3.8, 4) is 17.3 Å². The number of rotatable bonds is 9. The van der Waals surface area contributed by atoms with Crippen LogP contribution < -0.4 is 20.6 Å². The highest BCUT2D eigenvalue weighted by Crippen LogP contribution is 2.37. The molecule has 0 aliphatic rings. The van der Waals surface area contributed by atoms with Crippen molar-refractivity contribution in [2.75, 3.05) is 12.3 Å². The predicted octanol–water partition coefficient (Wildman–Crippen LogP) is 3.70. The van der Waals surface area contributed by atoms with Crippen molar-refractivity contribution in [3.05, 3.63) is 68.4 Å². The van der Waals surface area contributed by atoms with Crippen LogP contribution in [0.3, 0.4) is 0 Å². The highest BCUT2D eigenvalue weighted by molar-refractivity contribution is 9.10. The van der Waals surface area contributed by atoms with Crippen molar-refractivity contribution in [1.82, 2.24) is 30.7 Å². The first-order valence-corrected chi connectivity index (χ1v) is 11.7. The number of hydrogen-bond acceptors (Lipinski definition) is 10. The number of halogens is 2. The van der Waals surface area contributed by atoms with Gasteiger partial charge in [0.25, 0.3) is 5.91 Å². The van der Waals surface area contributed by atoms with Gasteiger partial charge < -0.3 is 15.2 Å². The number of nitrogens with one attached hydrogen (secondary N) is 1. The zero-order valence-corrected chi connectivity index (χ0v) is 21.4. The number of hydrazone groups is 1. The summed E-state index contributed by atoms with van der Waals surface area (Å²) in [6.07, 6.45) is 1.46. The number of nitrogens with zero attached hydrogens (tertiary/aromatic N) is 6. The fourth-order valence-electron chi connectivity index (χ4n) is 3.15. The molecule has 0 spiro atoms. The molecule has 0 fully saturated rings. The number of carbonyl (C=O) groups is 1. The SMILES string of the molecule is CCOc1cc(/C=N/NC(=O)c2c(C)nnn2-c2nonc2N)cc(Br)c1OCc1ccccc1Cl. The lowest BCUT2D eigenvalue weighted by molar-refractivity contribution is 0.0946. The van der Waals surface area contributed by atoms with E-state index >= 15 is 0 Å². The second kappa shape index (κ2) is 11.2. The molecule has 0 aliphatic carbocycles. The maximum absolute atomic E-state index is 12.8. The number of aryl methyl sites for hydroxylation is 1. The zero-order chi connectivity index (χ0) is 25.7. The second-order valence-electron chi connectivity index (χ2n) is 7.25. The third-order valence-electron chi connectivity index (χ3n) is 4.79. The molecule has 2 aromatic heterocycles. The van der Waals surface area contributed by atoms with E-state index < -0.39 is 5.91 Å². The lowest BCUT2D eigenvalue weighted by Gasteiger charge is -2.15. The van der Waals surface area contributed by atoms with Gasteiger partial charge in [0.15, 0.2) is 17.2 Å². The first-order valence-electron chi connectivity index (χ1n) is 10.6. The normalized spacial score (nSPS) is 11.1. The Balaban J connectivity index is 1.51. The van der Waals surface area contributed by atoms with Gasteiger partial charge in [-0.3, -0.25) is 4.79 Å². The number of carbonyl (C=O) groups excluding carboxylic acids is 1. The quantitative estimate of drug-likeness (QED) is 0.224. The van der Waals surface area contributed by atoms with E-state index in [0.29, 0.717) is 38.9 Å². The predicted molar refractivity (Wildman–Crippen MR) is 135 cm³/mol. The Kier molecular flexibility index (Phi) is 7.80. The lowest BCUT2D eigenvalue weighted by Crippen LogP contribution is -2.22. The topological polar surface area (TPSA) is 156 Å². The smallest absolute Gasteiger partial charge is 0.292 e. The Morgan fingerprint density at radius 1 is 1.31 bits per heavy atom. The molecule has 0 radical (unpaired) electrons. The van der Waals surface area contributed by atoms with Crippen LogP contribution in [-0.2, 0) is 6.61 Å². The summed E-state index contributed by atoms with van der Waals surface area (Å²) in [6, 6.07) is 10.9. The molecule has 3 N–H and O–H groups in total. The van der Waals surface area contributed by atoms with E-state index in [1.54, 1.807) is 25.1 Å². The van der Waals surface area contributed by atoms with Gasteiger partial charge in [-0.2, -0.15) is 9.78 Å². The third-order valence-corrected chi connectivity index (χ3v) is 5.75. The van der Waals surface area contributed by atoms with Crippen LogP contribution in [0.5, 0.6) is 11.5 Å². The van der Waals surface area contributed by atoms with Crippen LogP contribution in [-0.4, -0.2) is 44.0 Å².